The lowest BCUT2D eigenvalue weighted by molar-refractivity contribution is -0.149. The van der Waals surface area contributed by atoms with E-state index in [2.05, 4.69) is 5.32 Å². The van der Waals surface area contributed by atoms with Gasteiger partial charge in [0.1, 0.15) is 0 Å². The SMILES string of the molecule is CC(C)=C1[C@H]2CC[C@H]1[C@H](C(=O)NCCc1cccc(Cl)c1)[C@H]2C(=O)O. The van der Waals surface area contributed by atoms with Gasteiger partial charge in [-0.15, -0.1) is 0 Å². The Balaban J connectivity index is 1.68. The highest BCUT2D eigenvalue weighted by atomic mass is 35.5. The fourth-order valence-electron chi connectivity index (χ4n) is 4.75. The number of nitrogens with one attached hydrogen (secondary N) is 1. The maximum atomic E-state index is 12.8. The second-order valence-corrected chi connectivity index (χ2v) is 7.74. The molecule has 1 aromatic carbocycles. The fourth-order valence-corrected chi connectivity index (χ4v) is 4.96. The summed E-state index contributed by atoms with van der Waals surface area (Å²) in [6.45, 7) is 4.54. The monoisotopic (exact) mass is 361 g/mol. The highest BCUT2D eigenvalue weighted by Crippen LogP contribution is 2.57. The van der Waals surface area contributed by atoms with E-state index in [0.717, 1.165) is 18.4 Å². The maximum absolute atomic E-state index is 12.8. The molecule has 2 bridgehead atoms. The molecule has 4 atom stereocenters. The van der Waals surface area contributed by atoms with Crippen molar-refractivity contribution in [3.05, 3.63) is 46.0 Å². The Morgan fingerprint density at radius 3 is 2.48 bits per heavy atom. The van der Waals surface area contributed by atoms with Gasteiger partial charge in [-0.3, -0.25) is 9.59 Å². The number of aliphatic carboxylic acids is 1. The minimum absolute atomic E-state index is 0.0242. The molecule has 0 saturated heterocycles. The third-order valence-corrected chi connectivity index (χ3v) is 5.84. The van der Waals surface area contributed by atoms with Gasteiger partial charge in [-0.25, -0.2) is 0 Å². The number of allylic oxidation sites excluding steroid dienone is 2. The highest BCUT2D eigenvalue weighted by Gasteiger charge is 2.57. The number of benzene rings is 1. The van der Waals surface area contributed by atoms with E-state index in [1.807, 2.05) is 38.1 Å². The molecule has 25 heavy (non-hydrogen) atoms. The molecular formula is C20H24ClNO3. The molecule has 4 nitrogen and oxygen atoms in total. The minimum atomic E-state index is -0.846. The average Bonchev–Trinajstić information content (AvgIpc) is 3.10. The number of carbonyl (C=O) groups is 2. The molecule has 0 unspecified atom stereocenters. The first-order valence-electron chi connectivity index (χ1n) is 8.82. The van der Waals surface area contributed by atoms with E-state index >= 15 is 0 Å². The quantitative estimate of drug-likeness (QED) is 0.786. The van der Waals surface area contributed by atoms with E-state index < -0.39 is 17.8 Å². The van der Waals surface area contributed by atoms with Gasteiger partial charge < -0.3 is 10.4 Å². The zero-order chi connectivity index (χ0) is 18.1. The standard InChI is InChI=1S/C20H24ClNO3/c1-11(2)16-14-6-7-15(16)18(20(24)25)17(14)19(23)22-9-8-12-4-3-5-13(21)10-12/h3-5,10,14-15,17-18H,6-9H2,1-2H3,(H,22,23)(H,24,25)/t14-,15-,17+,18+/m1/s1. The van der Waals surface area contributed by atoms with Gasteiger partial charge in [-0.2, -0.15) is 0 Å². The van der Waals surface area contributed by atoms with Crippen LogP contribution in [0.25, 0.3) is 0 Å². The van der Waals surface area contributed by atoms with Gasteiger partial charge in [0.2, 0.25) is 5.91 Å². The molecule has 0 aliphatic heterocycles. The van der Waals surface area contributed by atoms with Crippen molar-refractivity contribution < 1.29 is 14.7 Å². The van der Waals surface area contributed by atoms with E-state index in [1.54, 1.807) is 0 Å². The molecule has 0 aromatic heterocycles. The molecule has 1 amide bonds. The number of hydrogen-bond acceptors (Lipinski definition) is 2. The number of carbonyl (C=O) groups excluding carboxylic acids is 1. The number of halogens is 1. The largest absolute Gasteiger partial charge is 0.481 e. The van der Waals surface area contributed by atoms with Crippen molar-refractivity contribution in [1.82, 2.24) is 5.32 Å². The van der Waals surface area contributed by atoms with Crippen LogP contribution in [0.1, 0.15) is 32.3 Å². The van der Waals surface area contributed by atoms with Gasteiger partial charge in [0.15, 0.2) is 0 Å². The molecular weight excluding hydrogens is 338 g/mol. The summed E-state index contributed by atoms with van der Waals surface area (Å²) in [5.41, 5.74) is 3.44. The van der Waals surface area contributed by atoms with Gasteiger partial charge in [-0.05, 0) is 62.6 Å². The van der Waals surface area contributed by atoms with Crippen LogP contribution in [0.3, 0.4) is 0 Å². The first kappa shape index (κ1) is 18.0. The van der Waals surface area contributed by atoms with Gasteiger partial charge in [0, 0.05) is 11.6 Å². The number of amides is 1. The molecule has 134 valence electrons. The molecule has 5 heteroatoms. The summed E-state index contributed by atoms with van der Waals surface area (Å²) < 4.78 is 0. The Hall–Kier alpha value is -1.81. The van der Waals surface area contributed by atoms with Crippen LogP contribution in [0.5, 0.6) is 0 Å². The second-order valence-electron chi connectivity index (χ2n) is 7.31. The number of carboxylic acids is 1. The van der Waals surface area contributed by atoms with Crippen molar-refractivity contribution in [3.8, 4) is 0 Å². The Morgan fingerprint density at radius 1 is 1.20 bits per heavy atom. The molecule has 2 fully saturated rings. The van der Waals surface area contributed by atoms with Crippen LogP contribution >= 0.6 is 11.6 Å². The predicted molar refractivity (Wildman–Crippen MR) is 97.4 cm³/mol. The lowest BCUT2D eigenvalue weighted by Crippen LogP contribution is -2.41. The number of fused-ring (bicyclic) bond motifs is 2. The Morgan fingerprint density at radius 2 is 1.88 bits per heavy atom. The molecule has 0 spiro atoms. The van der Waals surface area contributed by atoms with Crippen molar-refractivity contribution in [3.63, 3.8) is 0 Å². The van der Waals surface area contributed by atoms with Crippen LogP contribution in [-0.2, 0) is 16.0 Å². The summed E-state index contributed by atoms with van der Waals surface area (Å²) in [6.07, 6.45) is 2.48. The van der Waals surface area contributed by atoms with E-state index in [1.165, 1.54) is 11.1 Å². The second kappa shape index (κ2) is 7.20. The third kappa shape index (κ3) is 3.45. The van der Waals surface area contributed by atoms with Crippen LogP contribution in [-0.4, -0.2) is 23.5 Å². The normalized spacial score (nSPS) is 27.4. The first-order valence-corrected chi connectivity index (χ1v) is 9.20. The lowest BCUT2D eigenvalue weighted by atomic mass is 9.78. The Labute approximate surface area is 153 Å². The van der Waals surface area contributed by atoms with Gasteiger partial charge in [0.05, 0.1) is 11.8 Å². The summed E-state index contributed by atoms with van der Waals surface area (Å²) in [4.78, 5) is 24.5. The van der Waals surface area contributed by atoms with Crippen molar-refractivity contribution in [1.29, 1.82) is 0 Å². The first-order chi connectivity index (χ1) is 11.9. The van der Waals surface area contributed by atoms with Crippen molar-refractivity contribution >= 4 is 23.5 Å². The van der Waals surface area contributed by atoms with Crippen molar-refractivity contribution in [2.24, 2.45) is 23.7 Å². The zero-order valence-electron chi connectivity index (χ0n) is 14.6. The fraction of sp³-hybridized carbons (Fsp3) is 0.500. The molecule has 2 N–H and O–H groups in total. The maximum Gasteiger partial charge on any atom is 0.307 e. The van der Waals surface area contributed by atoms with E-state index in [0.29, 0.717) is 18.0 Å². The van der Waals surface area contributed by atoms with E-state index in [9.17, 15) is 14.7 Å². The molecule has 2 aliphatic carbocycles. The van der Waals surface area contributed by atoms with Crippen LogP contribution in [0.2, 0.25) is 5.02 Å². The van der Waals surface area contributed by atoms with Gasteiger partial charge >= 0.3 is 5.97 Å². The van der Waals surface area contributed by atoms with Crippen LogP contribution in [0.15, 0.2) is 35.4 Å². The number of carboxylic acid groups (broad SMARTS) is 1. The number of hydrogen-bond donors (Lipinski definition) is 2. The summed E-state index contributed by atoms with van der Waals surface area (Å²) in [7, 11) is 0. The number of rotatable bonds is 5. The molecule has 2 aliphatic rings. The summed E-state index contributed by atoms with van der Waals surface area (Å²) >= 11 is 5.97. The van der Waals surface area contributed by atoms with E-state index in [4.69, 9.17) is 11.6 Å². The van der Waals surface area contributed by atoms with Crippen LogP contribution < -0.4 is 5.32 Å². The highest BCUT2D eigenvalue weighted by molar-refractivity contribution is 6.30. The Kier molecular flexibility index (Phi) is 5.19. The van der Waals surface area contributed by atoms with Crippen LogP contribution in [0, 0.1) is 23.7 Å². The third-order valence-electron chi connectivity index (χ3n) is 5.61. The topological polar surface area (TPSA) is 66.4 Å². The van der Waals surface area contributed by atoms with Gasteiger partial charge in [-0.1, -0.05) is 34.9 Å². The average molecular weight is 362 g/mol. The summed E-state index contributed by atoms with van der Waals surface area (Å²) in [5, 5.41) is 13.3. The molecule has 2 saturated carbocycles. The van der Waals surface area contributed by atoms with Crippen LogP contribution in [0.4, 0.5) is 0 Å². The summed E-state index contributed by atoms with van der Waals surface area (Å²) in [6, 6.07) is 7.55. The smallest absolute Gasteiger partial charge is 0.307 e. The Bertz CT molecular complexity index is 723. The zero-order valence-corrected chi connectivity index (χ0v) is 15.3. The molecule has 3 rings (SSSR count). The lowest BCUT2D eigenvalue weighted by Gasteiger charge is -2.26. The molecule has 1 aromatic rings. The van der Waals surface area contributed by atoms with Crippen molar-refractivity contribution in [2.75, 3.05) is 6.54 Å². The predicted octanol–water partition coefficient (Wildman–Crippen LogP) is 3.69. The molecule has 0 heterocycles. The van der Waals surface area contributed by atoms with Gasteiger partial charge in [0.25, 0.3) is 0 Å². The van der Waals surface area contributed by atoms with Crippen molar-refractivity contribution in [2.45, 2.75) is 33.1 Å². The molecule has 0 radical (unpaired) electrons. The minimum Gasteiger partial charge on any atom is -0.481 e. The van der Waals surface area contributed by atoms with E-state index in [-0.39, 0.29) is 17.7 Å². The summed E-state index contributed by atoms with van der Waals surface area (Å²) in [5.74, 6) is -1.89.